The van der Waals surface area contributed by atoms with Gasteiger partial charge in [0, 0.05) is 13.2 Å². The molecule has 1 fully saturated rings. The van der Waals surface area contributed by atoms with E-state index < -0.39 is 0 Å². The van der Waals surface area contributed by atoms with E-state index in [0.717, 1.165) is 6.42 Å². The molecule has 1 aliphatic rings. The fourth-order valence-electron chi connectivity index (χ4n) is 2.14. The molecule has 0 radical (unpaired) electrons. The van der Waals surface area contributed by atoms with Crippen molar-refractivity contribution in [1.29, 1.82) is 0 Å². The van der Waals surface area contributed by atoms with Gasteiger partial charge < -0.3 is 14.8 Å². The molecule has 0 bridgehead atoms. The summed E-state index contributed by atoms with van der Waals surface area (Å²) in [4.78, 5) is 11.4. The Morgan fingerprint density at radius 3 is 3.05 bits per heavy atom. The summed E-state index contributed by atoms with van der Waals surface area (Å²) >= 11 is 3.21. The zero-order valence-corrected chi connectivity index (χ0v) is 13.4. The minimum atomic E-state index is -0.386. The van der Waals surface area contributed by atoms with Gasteiger partial charge in [0.1, 0.15) is 11.9 Å². The Morgan fingerprint density at radius 1 is 1.62 bits per heavy atom. The molecule has 1 amide bonds. The van der Waals surface area contributed by atoms with E-state index in [1.807, 2.05) is 0 Å². The maximum atomic E-state index is 13.4. The quantitative estimate of drug-likeness (QED) is 0.794. The molecule has 1 aliphatic heterocycles. The third-order valence-corrected chi connectivity index (χ3v) is 3.70. The number of carbonyl (C=O) groups is 1. The molecule has 0 saturated carbocycles. The number of halogens is 2. The average molecular weight is 360 g/mol. The molecule has 3 unspecified atom stereocenters. The predicted molar refractivity (Wildman–Crippen MR) is 80.8 cm³/mol. The van der Waals surface area contributed by atoms with Crippen LogP contribution in [0.25, 0.3) is 0 Å². The van der Waals surface area contributed by atoms with Gasteiger partial charge in [-0.2, -0.15) is 0 Å². The summed E-state index contributed by atoms with van der Waals surface area (Å²) in [6.07, 6.45) is 0.411. The summed E-state index contributed by atoms with van der Waals surface area (Å²) < 4.78 is 24.6. The lowest BCUT2D eigenvalue weighted by Crippen LogP contribution is -2.35. The van der Waals surface area contributed by atoms with Crippen LogP contribution in [0.1, 0.15) is 25.0 Å². The first-order chi connectivity index (χ1) is 10.1. The van der Waals surface area contributed by atoms with Crippen molar-refractivity contribution in [3.63, 3.8) is 0 Å². The third-order valence-electron chi connectivity index (χ3n) is 3.29. The molecule has 3 atom stereocenters. The normalized spacial score (nSPS) is 21.0. The Bertz CT molecular complexity index is 478. The Hall–Kier alpha value is -0.980. The van der Waals surface area contributed by atoms with Crippen molar-refractivity contribution >= 4 is 21.8 Å². The molecule has 0 aromatic heterocycles. The van der Waals surface area contributed by atoms with Gasteiger partial charge in [0.05, 0.1) is 17.5 Å². The van der Waals surface area contributed by atoms with Crippen molar-refractivity contribution in [3.8, 4) is 0 Å². The second kappa shape index (κ2) is 7.87. The van der Waals surface area contributed by atoms with Crippen LogP contribution in [0.5, 0.6) is 0 Å². The van der Waals surface area contributed by atoms with Crippen molar-refractivity contribution in [2.24, 2.45) is 0 Å². The SMILES string of the molecule is CC(Br)C(=O)NCC(OC1CCOC1)c1cccc(F)c1. The number of hydrogen-bond acceptors (Lipinski definition) is 3. The van der Waals surface area contributed by atoms with Gasteiger partial charge in [-0.25, -0.2) is 4.39 Å². The maximum Gasteiger partial charge on any atom is 0.233 e. The molecule has 0 spiro atoms. The number of alkyl halides is 1. The minimum absolute atomic E-state index is 0.0171. The fraction of sp³-hybridized carbons (Fsp3) is 0.533. The first-order valence-corrected chi connectivity index (χ1v) is 7.88. The highest BCUT2D eigenvalue weighted by Gasteiger charge is 2.23. The number of nitrogens with one attached hydrogen (secondary N) is 1. The second-order valence-electron chi connectivity index (χ2n) is 5.03. The number of carbonyl (C=O) groups excluding carboxylic acids is 1. The standard InChI is InChI=1S/C15H19BrFNO3/c1-10(16)15(19)18-8-14(21-13-5-6-20-9-13)11-3-2-4-12(17)7-11/h2-4,7,10,13-14H,5-6,8-9H2,1H3,(H,18,19). The zero-order chi connectivity index (χ0) is 15.2. The Morgan fingerprint density at radius 2 is 2.43 bits per heavy atom. The summed E-state index contributed by atoms with van der Waals surface area (Å²) in [5, 5.41) is 2.80. The largest absolute Gasteiger partial charge is 0.379 e. The molecular weight excluding hydrogens is 341 g/mol. The molecule has 1 aromatic carbocycles. The van der Waals surface area contributed by atoms with E-state index in [1.54, 1.807) is 19.1 Å². The molecule has 1 N–H and O–H groups in total. The molecule has 21 heavy (non-hydrogen) atoms. The van der Waals surface area contributed by atoms with Crippen LogP contribution >= 0.6 is 15.9 Å². The smallest absolute Gasteiger partial charge is 0.233 e. The zero-order valence-electron chi connectivity index (χ0n) is 11.9. The lowest BCUT2D eigenvalue weighted by molar-refractivity contribution is -0.121. The molecular formula is C15H19BrFNO3. The molecule has 0 aliphatic carbocycles. The van der Waals surface area contributed by atoms with Crippen molar-refractivity contribution in [1.82, 2.24) is 5.32 Å². The lowest BCUT2D eigenvalue weighted by Gasteiger charge is -2.22. The summed E-state index contributed by atoms with van der Waals surface area (Å²) in [7, 11) is 0. The molecule has 116 valence electrons. The lowest BCUT2D eigenvalue weighted by atomic mass is 10.1. The highest BCUT2D eigenvalue weighted by atomic mass is 79.9. The van der Waals surface area contributed by atoms with E-state index in [1.165, 1.54) is 12.1 Å². The summed E-state index contributed by atoms with van der Waals surface area (Å²) in [5.74, 6) is -0.438. The van der Waals surface area contributed by atoms with E-state index in [2.05, 4.69) is 21.2 Å². The van der Waals surface area contributed by atoms with Gasteiger partial charge in [-0.1, -0.05) is 28.1 Å². The number of ether oxygens (including phenoxy) is 2. The van der Waals surface area contributed by atoms with Crippen molar-refractivity contribution in [2.45, 2.75) is 30.4 Å². The summed E-state index contributed by atoms with van der Waals surface area (Å²) in [6, 6.07) is 6.26. The van der Waals surface area contributed by atoms with Gasteiger partial charge in [-0.15, -0.1) is 0 Å². The average Bonchev–Trinajstić information content (AvgIpc) is 2.95. The van der Waals surface area contributed by atoms with E-state index in [-0.39, 0.29) is 28.8 Å². The first kappa shape index (κ1) is 16.4. The number of benzene rings is 1. The topological polar surface area (TPSA) is 47.6 Å². The Balaban J connectivity index is 2.04. The van der Waals surface area contributed by atoms with Crippen molar-refractivity contribution < 1.29 is 18.7 Å². The van der Waals surface area contributed by atoms with Gasteiger partial charge >= 0.3 is 0 Å². The first-order valence-electron chi connectivity index (χ1n) is 6.96. The van der Waals surface area contributed by atoms with Gasteiger partial charge in [0.25, 0.3) is 0 Å². The van der Waals surface area contributed by atoms with Crippen LogP contribution in [0.3, 0.4) is 0 Å². The molecule has 1 saturated heterocycles. The molecule has 2 rings (SSSR count). The van der Waals surface area contributed by atoms with Crippen LogP contribution in [-0.2, 0) is 14.3 Å². The van der Waals surface area contributed by atoms with Crippen LogP contribution in [0, 0.1) is 5.82 Å². The highest BCUT2D eigenvalue weighted by molar-refractivity contribution is 9.10. The van der Waals surface area contributed by atoms with Gasteiger partial charge in [-0.3, -0.25) is 4.79 Å². The van der Waals surface area contributed by atoms with Gasteiger partial charge in [-0.05, 0) is 31.0 Å². The van der Waals surface area contributed by atoms with E-state index in [0.29, 0.717) is 25.3 Å². The second-order valence-corrected chi connectivity index (χ2v) is 6.40. The third kappa shape index (κ3) is 5.05. The van der Waals surface area contributed by atoms with E-state index in [9.17, 15) is 9.18 Å². The van der Waals surface area contributed by atoms with Crippen LogP contribution in [-0.4, -0.2) is 36.6 Å². The molecule has 1 heterocycles. The minimum Gasteiger partial charge on any atom is -0.379 e. The van der Waals surface area contributed by atoms with Gasteiger partial charge in [0.15, 0.2) is 0 Å². The van der Waals surface area contributed by atoms with E-state index in [4.69, 9.17) is 9.47 Å². The Labute approximate surface area is 132 Å². The number of hydrogen-bond donors (Lipinski definition) is 1. The van der Waals surface area contributed by atoms with Crippen LogP contribution < -0.4 is 5.32 Å². The molecule has 1 aromatic rings. The maximum absolute atomic E-state index is 13.4. The predicted octanol–water partition coefficient (Wildman–Crippen LogP) is 2.57. The van der Waals surface area contributed by atoms with Crippen LogP contribution in [0.2, 0.25) is 0 Å². The fourth-order valence-corrected chi connectivity index (χ4v) is 2.30. The van der Waals surface area contributed by atoms with Gasteiger partial charge in [0.2, 0.25) is 5.91 Å². The van der Waals surface area contributed by atoms with Crippen LogP contribution in [0.15, 0.2) is 24.3 Å². The molecule has 4 nitrogen and oxygen atoms in total. The summed E-state index contributed by atoms with van der Waals surface area (Å²) in [6.45, 7) is 3.26. The number of rotatable bonds is 6. The monoisotopic (exact) mass is 359 g/mol. The highest BCUT2D eigenvalue weighted by Crippen LogP contribution is 2.22. The van der Waals surface area contributed by atoms with E-state index >= 15 is 0 Å². The molecule has 6 heteroatoms. The summed E-state index contributed by atoms with van der Waals surface area (Å²) in [5.41, 5.74) is 0.712. The van der Waals surface area contributed by atoms with Crippen molar-refractivity contribution in [2.75, 3.05) is 19.8 Å². The van der Waals surface area contributed by atoms with Crippen LogP contribution in [0.4, 0.5) is 4.39 Å². The Kier molecular flexibility index (Phi) is 6.14. The van der Waals surface area contributed by atoms with Crippen molar-refractivity contribution in [3.05, 3.63) is 35.6 Å². The number of amides is 1.